The summed E-state index contributed by atoms with van der Waals surface area (Å²) in [7, 11) is 0. The third-order valence-corrected chi connectivity index (χ3v) is 10.9. The molecule has 0 aliphatic carbocycles. The molecule has 4 nitrogen and oxygen atoms in total. The summed E-state index contributed by atoms with van der Waals surface area (Å²) in [6, 6.07) is 56.1. The number of nitrogens with zero attached hydrogens (tertiary/aromatic N) is 3. The van der Waals surface area contributed by atoms with E-state index in [0.717, 1.165) is 72.5 Å². The number of pyridine rings is 1. The Kier molecular flexibility index (Phi) is 8.45. The number of aromatic nitrogens is 3. The number of imidazole rings is 1. The highest BCUT2D eigenvalue weighted by Gasteiger charge is 2.24. The van der Waals surface area contributed by atoms with Crippen LogP contribution in [0.3, 0.4) is 0 Å². The largest absolute Gasteiger partial charge is 0.507 e. The molecule has 0 unspecified atom stereocenters. The molecule has 0 atom stereocenters. The number of hydrogen-bond donors (Lipinski definition) is 1. The number of benzene rings is 7. The van der Waals surface area contributed by atoms with Gasteiger partial charge in [-0.3, -0.25) is 9.55 Å². The molecule has 4 heteroatoms. The molecule has 0 saturated carbocycles. The van der Waals surface area contributed by atoms with Crippen molar-refractivity contribution in [1.82, 2.24) is 14.5 Å². The van der Waals surface area contributed by atoms with Crippen LogP contribution >= 0.6 is 0 Å². The molecule has 0 radical (unpaired) electrons. The van der Waals surface area contributed by atoms with E-state index < -0.39 is 6.85 Å². The van der Waals surface area contributed by atoms with Crippen molar-refractivity contribution in [3.05, 3.63) is 193 Å². The highest BCUT2D eigenvalue weighted by Crippen LogP contribution is 2.43. The van der Waals surface area contributed by atoms with E-state index in [2.05, 4.69) is 86.9 Å². The zero-order valence-electron chi connectivity index (χ0n) is 36.0. The number of phenolic OH excluding ortho intramolecular Hbond substituents is 1. The lowest BCUT2D eigenvalue weighted by Crippen LogP contribution is -2.11. The standard InChI is InChI=1S/C54H45N3O/c1-35-23-25-37(26-24-35)40-27-28-55-48(33-40)42-30-41(31-43(32-42)54(3,4)5)44-20-14-21-49-52(44)56-53(45-19-12-13-22-51(45)58)57(49)50-34-46(38-15-8-6-9-16-38)36(2)29-47(50)39-17-10-7-11-18-39/h6-34,58H,1-5H3/i2D3. The van der Waals surface area contributed by atoms with Crippen LogP contribution in [0.25, 0.3) is 83.9 Å². The molecule has 1 N–H and O–H groups in total. The van der Waals surface area contributed by atoms with Crippen molar-refractivity contribution in [2.24, 2.45) is 0 Å². The molecule has 0 fully saturated rings. The lowest BCUT2D eigenvalue weighted by Gasteiger charge is -2.22. The van der Waals surface area contributed by atoms with Gasteiger partial charge in [0, 0.05) is 27.0 Å². The first kappa shape index (κ1) is 33.1. The number of fused-ring (bicyclic) bond motifs is 1. The van der Waals surface area contributed by atoms with Crippen LogP contribution in [0.4, 0.5) is 0 Å². The Labute approximate surface area is 345 Å². The molecule has 0 aliphatic rings. The maximum absolute atomic E-state index is 11.5. The Morgan fingerprint density at radius 1 is 0.552 bits per heavy atom. The fraction of sp³-hybridized carbons (Fsp3) is 0.111. The average Bonchev–Trinajstić information content (AvgIpc) is 3.66. The van der Waals surface area contributed by atoms with Gasteiger partial charge in [-0.2, -0.15) is 0 Å². The maximum Gasteiger partial charge on any atom is 0.149 e. The summed E-state index contributed by atoms with van der Waals surface area (Å²) in [5.74, 6) is 0.610. The molecule has 282 valence electrons. The van der Waals surface area contributed by atoms with Crippen molar-refractivity contribution >= 4 is 11.0 Å². The minimum atomic E-state index is -2.40. The molecule has 2 aromatic heterocycles. The minimum absolute atomic E-state index is 0.0841. The number of aromatic hydroxyl groups is 1. The predicted molar refractivity (Wildman–Crippen MR) is 241 cm³/mol. The molecular weight excluding hydrogens is 707 g/mol. The van der Waals surface area contributed by atoms with Gasteiger partial charge >= 0.3 is 0 Å². The topological polar surface area (TPSA) is 50.9 Å². The Hall–Kier alpha value is -7.04. The van der Waals surface area contributed by atoms with Gasteiger partial charge in [-0.1, -0.05) is 142 Å². The van der Waals surface area contributed by atoms with Crippen LogP contribution in [0, 0.1) is 13.8 Å². The van der Waals surface area contributed by atoms with Gasteiger partial charge in [0.05, 0.1) is 28.0 Å². The summed E-state index contributed by atoms with van der Waals surface area (Å²) in [5.41, 5.74) is 14.2. The fourth-order valence-corrected chi connectivity index (χ4v) is 7.78. The lowest BCUT2D eigenvalue weighted by molar-refractivity contribution is 0.477. The van der Waals surface area contributed by atoms with Crippen LogP contribution in [-0.4, -0.2) is 19.6 Å². The third-order valence-electron chi connectivity index (χ3n) is 10.9. The number of aryl methyl sites for hydroxylation is 2. The van der Waals surface area contributed by atoms with Crippen LogP contribution in [0.15, 0.2) is 176 Å². The van der Waals surface area contributed by atoms with Gasteiger partial charge in [-0.25, -0.2) is 4.98 Å². The summed E-state index contributed by atoms with van der Waals surface area (Å²) >= 11 is 0. The monoisotopic (exact) mass is 754 g/mol. The van der Waals surface area contributed by atoms with Crippen LogP contribution in [-0.2, 0) is 5.41 Å². The third kappa shape index (κ3) is 6.88. The molecule has 9 aromatic rings. The highest BCUT2D eigenvalue weighted by atomic mass is 16.3. The van der Waals surface area contributed by atoms with E-state index in [0.29, 0.717) is 17.0 Å². The van der Waals surface area contributed by atoms with Gasteiger partial charge in [0.2, 0.25) is 0 Å². The first-order valence-corrected chi connectivity index (χ1v) is 19.6. The maximum atomic E-state index is 11.5. The van der Waals surface area contributed by atoms with E-state index >= 15 is 0 Å². The Balaban J connectivity index is 1.34. The average molecular weight is 755 g/mol. The molecule has 7 aromatic carbocycles. The molecule has 0 spiro atoms. The summed E-state index contributed by atoms with van der Waals surface area (Å²) in [6.45, 7) is 6.35. The second kappa shape index (κ2) is 14.8. The number of rotatable bonds is 7. The number of phenols is 1. The van der Waals surface area contributed by atoms with Crippen molar-refractivity contribution in [2.75, 3.05) is 0 Å². The Morgan fingerprint density at radius 3 is 1.93 bits per heavy atom. The zero-order valence-corrected chi connectivity index (χ0v) is 33.0. The second-order valence-electron chi connectivity index (χ2n) is 16.0. The summed E-state index contributed by atoms with van der Waals surface area (Å²) in [5, 5.41) is 11.5. The molecule has 0 aliphatic heterocycles. The smallest absolute Gasteiger partial charge is 0.149 e. The quantitative estimate of drug-likeness (QED) is 0.176. The van der Waals surface area contributed by atoms with E-state index in [-0.39, 0.29) is 16.7 Å². The van der Waals surface area contributed by atoms with Crippen LogP contribution in [0.5, 0.6) is 5.75 Å². The highest BCUT2D eigenvalue weighted by molar-refractivity contribution is 5.98. The summed E-state index contributed by atoms with van der Waals surface area (Å²) in [6.07, 6.45) is 1.88. The van der Waals surface area contributed by atoms with Gasteiger partial charge in [-0.15, -0.1) is 0 Å². The van der Waals surface area contributed by atoms with Crippen molar-refractivity contribution in [2.45, 2.75) is 40.0 Å². The van der Waals surface area contributed by atoms with Crippen molar-refractivity contribution < 1.29 is 9.22 Å². The molecule has 58 heavy (non-hydrogen) atoms. The van der Waals surface area contributed by atoms with E-state index in [9.17, 15) is 5.11 Å². The van der Waals surface area contributed by atoms with Crippen molar-refractivity contribution in [3.8, 4) is 78.6 Å². The van der Waals surface area contributed by atoms with Crippen LogP contribution < -0.4 is 0 Å². The lowest BCUT2D eigenvalue weighted by atomic mass is 9.83. The molecule has 0 bridgehead atoms. The van der Waals surface area contributed by atoms with Gasteiger partial charge in [0.1, 0.15) is 11.6 Å². The van der Waals surface area contributed by atoms with E-state index in [1.54, 1.807) is 18.2 Å². The zero-order chi connectivity index (χ0) is 42.5. The Bertz CT molecular complexity index is 3050. The predicted octanol–water partition coefficient (Wildman–Crippen LogP) is 14.0. The Morgan fingerprint density at radius 2 is 1.22 bits per heavy atom. The molecule has 2 heterocycles. The van der Waals surface area contributed by atoms with Gasteiger partial charge in [-0.05, 0) is 118 Å². The minimum Gasteiger partial charge on any atom is -0.507 e. The number of hydrogen-bond acceptors (Lipinski definition) is 3. The summed E-state index contributed by atoms with van der Waals surface area (Å²) in [4.78, 5) is 10.3. The van der Waals surface area contributed by atoms with Crippen LogP contribution in [0.2, 0.25) is 0 Å². The summed E-state index contributed by atoms with van der Waals surface area (Å²) < 4.78 is 28.2. The van der Waals surface area contributed by atoms with E-state index in [1.807, 2.05) is 103 Å². The second-order valence-corrected chi connectivity index (χ2v) is 16.0. The van der Waals surface area contributed by atoms with Gasteiger partial charge in [0.25, 0.3) is 0 Å². The molecule has 0 amide bonds. The molecule has 0 saturated heterocycles. The van der Waals surface area contributed by atoms with Crippen LogP contribution in [0.1, 0.15) is 41.6 Å². The van der Waals surface area contributed by atoms with Crippen molar-refractivity contribution in [1.29, 1.82) is 0 Å². The first-order valence-electron chi connectivity index (χ1n) is 21.1. The molecule has 9 rings (SSSR count). The first-order chi connectivity index (χ1) is 29.3. The normalized spacial score (nSPS) is 12.6. The van der Waals surface area contributed by atoms with E-state index in [1.165, 1.54) is 5.56 Å². The van der Waals surface area contributed by atoms with Crippen molar-refractivity contribution in [3.63, 3.8) is 0 Å². The van der Waals surface area contributed by atoms with E-state index in [4.69, 9.17) is 14.1 Å². The molecular formula is C54H45N3O. The number of para-hydroxylation sites is 2. The van der Waals surface area contributed by atoms with Gasteiger partial charge < -0.3 is 5.11 Å². The SMILES string of the molecule is [2H]C([2H])([2H])c1cc(-c2ccccc2)c(-n2c(-c3ccccc3O)nc3c(-c4cc(-c5cc(-c6ccc(C)cc6)ccn5)cc(C(C)(C)C)c4)cccc32)cc1-c1ccccc1. The fourth-order valence-electron chi connectivity index (χ4n) is 7.78. The van der Waals surface area contributed by atoms with Gasteiger partial charge in [0.15, 0.2) is 0 Å².